The van der Waals surface area contributed by atoms with Crippen LogP contribution in [0, 0.1) is 5.92 Å². The van der Waals surface area contributed by atoms with Crippen molar-refractivity contribution in [3.63, 3.8) is 0 Å². The van der Waals surface area contributed by atoms with Gasteiger partial charge in [0, 0.05) is 125 Å². The number of hydrogen-bond donors (Lipinski definition) is 3. The van der Waals surface area contributed by atoms with E-state index < -0.39 is 6.04 Å². The van der Waals surface area contributed by atoms with Crippen LogP contribution in [0.3, 0.4) is 0 Å². The number of hydrogen-bond acceptors (Lipinski definition) is 10. The number of hydrazine groups is 1. The van der Waals surface area contributed by atoms with E-state index in [0.717, 1.165) is 119 Å². The largest absolute Gasteiger partial charge is 0.372 e. The molecule has 4 aromatic rings. The average Bonchev–Trinajstić information content (AvgIpc) is 3.96. The van der Waals surface area contributed by atoms with Crippen LogP contribution < -0.4 is 26.0 Å². The van der Waals surface area contributed by atoms with E-state index in [-0.39, 0.29) is 30.0 Å². The molecule has 11 rings (SSSR count). The van der Waals surface area contributed by atoms with E-state index in [1.54, 1.807) is 11.8 Å². The fourth-order valence-electron chi connectivity index (χ4n) is 11.6. The number of carbonyl (C=O) groups is 4. The molecule has 0 spiro atoms. The van der Waals surface area contributed by atoms with E-state index in [0.29, 0.717) is 37.0 Å². The Bertz CT molecular complexity index is 2590. The van der Waals surface area contributed by atoms with E-state index in [1.807, 2.05) is 11.0 Å². The summed E-state index contributed by atoms with van der Waals surface area (Å²) in [6.45, 7) is 11.6. The summed E-state index contributed by atoms with van der Waals surface area (Å²) < 4.78 is 4.56. The molecule has 1 atom stereocenters. The van der Waals surface area contributed by atoms with Crippen molar-refractivity contribution in [2.24, 2.45) is 13.0 Å². The van der Waals surface area contributed by atoms with Crippen LogP contribution in [0.4, 0.5) is 22.9 Å². The molecule has 15 heteroatoms. The van der Waals surface area contributed by atoms with Gasteiger partial charge in [0.05, 0.1) is 24.0 Å². The molecule has 2 aromatic carbocycles. The summed E-state index contributed by atoms with van der Waals surface area (Å²) >= 11 is 0. The maximum atomic E-state index is 13.3. The lowest BCUT2D eigenvalue weighted by molar-refractivity contribution is -0.137. The van der Waals surface area contributed by atoms with Crippen molar-refractivity contribution in [2.75, 3.05) is 61.0 Å². The number of aryl methyl sites for hydroxylation is 2. The maximum absolute atomic E-state index is 13.3. The molecule has 0 radical (unpaired) electrons. The Balaban J connectivity index is 0.745. The monoisotopic (exact) mass is 865 g/mol. The van der Waals surface area contributed by atoms with Crippen molar-refractivity contribution in [1.29, 1.82) is 0 Å². The first-order valence-electron chi connectivity index (χ1n) is 23.5. The van der Waals surface area contributed by atoms with Gasteiger partial charge in [-0.25, -0.2) is 0 Å². The Morgan fingerprint density at radius 3 is 2.47 bits per heavy atom. The fourth-order valence-corrected chi connectivity index (χ4v) is 11.6. The van der Waals surface area contributed by atoms with E-state index in [1.165, 1.54) is 39.3 Å². The third-order valence-corrected chi connectivity index (χ3v) is 15.1. The second kappa shape index (κ2) is 16.2. The first kappa shape index (κ1) is 40.7. The summed E-state index contributed by atoms with van der Waals surface area (Å²) in [6.07, 6.45) is 12.3. The summed E-state index contributed by atoms with van der Waals surface area (Å²) in [5, 5.41) is 7.92. The van der Waals surface area contributed by atoms with E-state index >= 15 is 0 Å². The van der Waals surface area contributed by atoms with Crippen LogP contribution in [0.25, 0.3) is 17.2 Å². The first-order valence-corrected chi connectivity index (χ1v) is 23.5. The van der Waals surface area contributed by atoms with E-state index in [4.69, 9.17) is 5.10 Å². The molecule has 3 N–H and O–H groups in total. The summed E-state index contributed by atoms with van der Waals surface area (Å²) in [4.78, 5) is 61.4. The SMILES string of the molecule is CC(=O)N1CCc2c(c(N3CCCc4cc(-c5cn(C)c6c5NNC(C)=C6)ccc43)nn2C2CCN(CC3CCN(c4ccc5c(c4)CN(C4CCC(=O)NC4=O)C5=O)CC3)CC2)C1. The highest BCUT2D eigenvalue weighted by Crippen LogP contribution is 2.43. The Labute approximate surface area is 374 Å². The van der Waals surface area contributed by atoms with Gasteiger partial charge in [0.1, 0.15) is 6.04 Å². The molecular formula is C49H59N11O4. The van der Waals surface area contributed by atoms with Crippen molar-refractivity contribution in [2.45, 2.75) is 96.8 Å². The molecular weight excluding hydrogens is 807 g/mol. The summed E-state index contributed by atoms with van der Waals surface area (Å²) in [5.41, 5.74) is 20.3. The topological polar surface area (TPSA) is 143 Å². The number of amides is 4. The number of imide groups is 1. The molecule has 0 aliphatic carbocycles. The Morgan fingerprint density at radius 1 is 0.844 bits per heavy atom. The van der Waals surface area contributed by atoms with Gasteiger partial charge in [-0.15, -0.1) is 0 Å². The van der Waals surface area contributed by atoms with Crippen LogP contribution in [0.2, 0.25) is 0 Å². The molecule has 15 nitrogen and oxygen atoms in total. The lowest BCUT2D eigenvalue weighted by atomic mass is 9.94. The minimum Gasteiger partial charge on any atom is -0.372 e. The third-order valence-electron chi connectivity index (χ3n) is 15.1. The van der Waals surface area contributed by atoms with Crippen LogP contribution in [0.5, 0.6) is 0 Å². The van der Waals surface area contributed by atoms with Crippen molar-refractivity contribution >= 4 is 52.6 Å². The molecule has 1 unspecified atom stereocenters. The normalized spacial score (nSPS) is 21.8. The number of aromatic nitrogens is 3. The van der Waals surface area contributed by atoms with Gasteiger partial charge < -0.3 is 34.5 Å². The van der Waals surface area contributed by atoms with Gasteiger partial charge in [-0.1, -0.05) is 6.07 Å². The van der Waals surface area contributed by atoms with E-state index in [9.17, 15) is 19.2 Å². The van der Waals surface area contributed by atoms with Crippen LogP contribution in [-0.2, 0) is 47.4 Å². The lowest BCUT2D eigenvalue weighted by Crippen LogP contribution is -2.52. The van der Waals surface area contributed by atoms with Crippen LogP contribution >= 0.6 is 0 Å². The minimum absolute atomic E-state index is 0.119. The van der Waals surface area contributed by atoms with Crippen molar-refractivity contribution in [3.8, 4) is 11.1 Å². The van der Waals surface area contributed by atoms with E-state index in [2.05, 4.69) is 96.7 Å². The molecule has 2 aromatic heterocycles. The molecule has 4 amide bonds. The predicted octanol–water partition coefficient (Wildman–Crippen LogP) is 5.48. The van der Waals surface area contributed by atoms with Gasteiger partial charge in [0.25, 0.3) is 5.91 Å². The summed E-state index contributed by atoms with van der Waals surface area (Å²) in [5.74, 6) is 1.00. The number of carbonyl (C=O) groups excluding carboxylic acids is 4. The number of rotatable bonds is 7. The summed E-state index contributed by atoms with van der Waals surface area (Å²) in [6, 6.07) is 12.7. The van der Waals surface area contributed by atoms with Crippen molar-refractivity contribution in [3.05, 3.63) is 81.9 Å². The molecule has 3 fully saturated rings. The van der Waals surface area contributed by atoms with Crippen LogP contribution in [0.15, 0.2) is 48.3 Å². The highest BCUT2D eigenvalue weighted by Gasteiger charge is 2.40. The molecule has 0 bridgehead atoms. The number of anilines is 4. The molecule has 334 valence electrons. The second-order valence-corrected chi connectivity index (χ2v) is 19.2. The zero-order chi connectivity index (χ0) is 43.8. The smallest absolute Gasteiger partial charge is 0.255 e. The maximum Gasteiger partial charge on any atom is 0.255 e. The number of nitrogens with one attached hydrogen (secondary N) is 3. The third kappa shape index (κ3) is 7.21. The Hall–Kier alpha value is -6.09. The van der Waals surface area contributed by atoms with Gasteiger partial charge in [-0.2, -0.15) is 5.10 Å². The molecule has 7 aliphatic heterocycles. The van der Waals surface area contributed by atoms with Gasteiger partial charge >= 0.3 is 0 Å². The quantitative estimate of drug-likeness (QED) is 0.205. The van der Waals surface area contributed by atoms with Crippen LogP contribution in [-0.4, -0.2) is 105 Å². The zero-order valence-electron chi connectivity index (χ0n) is 37.3. The molecule has 9 heterocycles. The van der Waals surface area contributed by atoms with Crippen molar-refractivity contribution < 1.29 is 19.2 Å². The molecule has 3 saturated heterocycles. The minimum atomic E-state index is -0.597. The van der Waals surface area contributed by atoms with Gasteiger partial charge in [-0.3, -0.25) is 34.6 Å². The second-order valence-electron chi connectivity index (χ2n) is 19.2. The van der Waals surface area contributed by atoms with Gasteiger partial charge in [0.2, 0.25) is 17.7 Å². The van der Waals surface area contributed by atoms with Gasteiger partial charge in [0.15, 0.2) is 5.82 Å². The fraction of sp³-hybridized carbons (Fsp3) is 0.490. The molecule has 0 saturated carbocycles. The zero-order valence-corrected chi connectivity index (χ0v) is 37.3. The Kier molecular flexibility index (Phi) is 10.3. The van der Waals surface area contributed by atoms with Gasteiger partial charge in [-0.05, 0) is 111 Å². The first-order chi connectivity index (χ1) is 31.1. The number of nitrogens with zero attached hydrogens (tertiary/aromatic N) is 8. The van der Waals surface area contributed by atoms with Crippen LogP contribution in [0.1, 0.15) is 103 Å². The average molecular weight is 866 g/mol. The Morgan fingerprint density at radius 2 is 1.67 bits per heavy atom. The lowest BCUT2D eigenvalue weighted by Gasteiger charge is -2.39. The standard InChI is InChI=1S/C49H59N11O4/c1-30-23-44-46(52-51-30)39(28-54(44)3)33-6-9-41-34(24-33)5-4-17-58(41)47-40-29-57(31(2)61)22-16-42(40)60(53-47)36-14-18-55(19-15-36)26-32-12-20-56(21-13-32)37-7-8-38-35(25-37)27-59(49(38)64)43-10-11-45(62)50-48(43)63/h6-9,23-25,28,32,36,43,51-52H,4-5,10-22,26-27,29H2,1-3H3,(H,50,62,63). The highest BCUT2D eigenvalue weighted by molar-refractivity contribution is 6.05. The molecule has 7 aliphatic rings. The predicted molar refractivity (Wildman–Crippen MR) is 246 cm³/mol. The summed E-state index contributed by atoms with van der Waals surface area (Å²) in [7, 11) is 2.10. The highest BCUT2D eigenvalue weighted by atomic mass is 16.2. The number of benzene rings is 2. The molecule has 64 heavy (non-hydrogen) atoms. The number of piperidine rings is 3. The number of fused-ring (bicyclic) bond motifs is 4. The number of likely N-dealkylation sites (tertiary alicyclic amines) is 1. The van der Waals surface area contributed by atoms with Crippen molar-refractivity contribution in [1.82, 2.24) is 39.8 Å². The number of allylic oxidation sites excluding steroid dienone is 1.